The largest absolute Gasteiger partial charge is 0.383 e. The van der Waals surface area contributed by atoms with E-state index in [1.807, 2.05) is 19.2 Å². The molecule has 1 unspecified atom stereocenters. The van der Waals surface area contributed by atoms with Crippen LogP contribution in [0.2, 0.25) is 0 Å². The first-order valence-electron chi connectivity index (χ1n) is 4.42. The summed E-state index contributed by atoms with van der Waals surface area (Å²) in [6.07, 6.45) is 0.411. The summed E-state index contributed by atoms with van der Waals surface area (Å²) in [5.74, 6) is 0. The molecule has 13 heavy (non-hydrogen) atoms. The van der Waals surface area contributed by atoms with Gasteiger partial charge in [0.05, 0.1) is 6.61 Å². The maximum Gasteiger partial charge on any atom is 0.129 e. The van der Waals surface area contributed by atoms with Crippen LogP contribution in [0.5, 0.6) is 0 Å². The highest BCUT2D eigenvalue weighted by Crippen LogP contribution is 2.17. The maximum atomic E-state index is 9.58. The smallest absolute Gasteiger partial charge is 0.129 e. The van der Waals surface area contributed by atoms with Crippen LogP contribution in [0.15, 0.2) is 5.38 Å². The molecule has 0 saturated carbocycles. The number of hydrogen-bond donors (Lipinski definition) is 1. The maximum absolute atomic E-state index is 9.58. The second-order valence-corrected chi connectivity index (χ2v) is 3.81. The Morgan fingerprint density at radius 3 is 3.00 bits per heavy atom. The lowest BCUT2D eigenvalue weighted by molar-refractivity contribution is 0.0362. The topological polar surface area (TPSA) is 42.4 Å². The van der Waals surface area contributed by atoms with Crippen LogP contribution >= 0.6 is 11.3 Å². The molecule has 0 aromatic carbocycles. The predicted octanol–water partition coefficient (Wildman–Crippen LogP) is 1.91. The Balaban J connectivity index is 2.35. The highest BCUT2D eigenvalue weighted by molar-refractivity contribution is 7.09. The average molecular weight is 201 g/mol. The quantitative estimate of drug-likeness (QED) is 0.740. The molecule has 1 aromatic rings. The standard InChI is InChI=1S/C9H15NO2S/c1-3-4-12-5-8(11)9-10-7(2)6-13-9/h6,8,11H,3-5H2,1-2H3. The van der Waals surface area contributed by atoms with Crippen LogP contribution in [0, 0.1) is 6.92 Å². The molecule has 0 aliphatic rings. The Labute approximate surface area is 82.4 Å². The second-order valence-electron chi connectivity index (χ2n) is 2.92. The summed E-state index contributed by atoms with van der Waals surface area (Å²) in [4.78, 5) is 4.18. The molecule has 1 rings (SSSR count). The van der Waals surface area contributed by atoms with Crippen molar-refractivity contribution in [3.8, 4) is 0 Å². The second kappa shape index (κ2) is 5.32. The van der Waals surface area contributed by atoms with Gasteiger partial charge in [-0.25, -0.2) is 4.98 Å². The van der Waals surface area contributed by atoms with Crippen LogP contribution in [-0.2, 0) is 4.74 Å². The van der Waals surface area contributed by atoms with Crippen molar-refractivity contribution in [2.45, 2.75) is 26.4 Å². The predicted molar refractivity (Wildman–Crippen MR) is 52.9 cm³/mol. The number of nitrogens with zero attached hydrogens (tertiary/aromatic N) is 1. The molecule has 1 atom stereocenters. The summed E-state index contributed by atoms with van der Waals surface area (Å²) in [7, 11) is 0. The Bertz CT molecular complexity index is 250. The monoisotopic (exact) mass is 201 g/mol. The van der Waals surface area contributed by atoms with E-state index in [2.05, 4.69) is 4.98 Å². The van der Waals surface area contributed by atoms with Crippen molar-refractivity contribution in [2.24, 2.45) is 0 Å². The van der Waals surface area contributed by atoms with E-state index in [0.29, 0.717) is 13.2 Å². The van der Waals surface area contributed by atoms with Crippen LogP contribution in [0.1, 0.15) is 30.2 Å². The molecule has 4 heteroatoms. The first-order chi connectivity index (χ1) is 6.24. The van der Waals surface area contributed by atoms with Crippen molar-refractivity contribution in [1.29, 1.82) is 0 Å². The van der Waals surface area contributed by atoms with Gasteiger partial charge in [-0.15, -0.1) is 11.3 Å². The number of hydrogen-bond acceptors (Lipinski definition) is 4. The van der Waals surface area contributed by atoms with Crippen molar-refractivity contribution < 1.29 is 9.84 Å². The van der Waals surface area contributed by atoms with Crippen molar-refractivity contribution >= 4 is 11.3 Å². The summed E-state index contributed by atoms with van der Waals surface area (Å²) < 4.78 is 5.22. The van der Waals surface area contributed by atoms with E-state index in [1.54, 1.807) is 0 Å². The zero-order valence-electron chi connectivity index (χ0n) is 7.99. The molecular formula is C9H15NO2S. The van der Waals surface area contributed by atoms with E-state index >= 15 is 0 Å². The molecule has 74 valence electrons. The van der Waals surface area contributed by atoms with Crippen LogP contribution in [0.25, 0.3) is 0 Å². The Morgan fingerprint density at radius 2 is 2.46 bits per heavy atom. The van der Waals surface area contributed by atoms with Gasteiger partial charge in [0.25, 0.3) is 0 Å². The number of aromatic nitrogens is 1. The summed E-state index contributed by atoms with van der Waals surface area (Å²) >= 11 is 1.47. The number of ether oxygens (including phenoxy) is 1. The van der Waals surface area contributed by atoms with E-state index < -0.39 is 6.10 Å². The molecule has 0 fully saturated rings. The third-order valence-electron chi connectivity index (χ3n) is 1.55. The summed E-state index contributed by atoms with van der Waals surface area (Å²) in [5, 5.41) is 12.3. The third-order valence-corrected chi connectivity index (χ3v) is 2.61. The molecule has 1 heterocycles. The Morgan fingerprint density at radius 1 is 1.69 bits per heavy atom. The van der Waals surface area contributed by atoms with Crippen molar-refractivity contribution in [2.75, 3.05) is 13.2 Å². The fourth-order valence-corrected chi connectivity index (χ4v) is 1.70. The lowest BCUT2D eigenvalue weighted by atomic mass is 10.4. The number of aliphatic hydroxyl groups excluding tert-OH is 1. The van der Waals surface area contributed by atoms with E-state index in [0.717, 1.165) is 17.1 Å². The summed E-state index contributed by atoms with van der Waals surface area (Å²) in [5.41, 5.74) is 0.953. The van der Waals surface area contributed by atoms with Crippen molar-refractivity contribution in [1.82, 2.24) is 4.98 Å². The lowest BCUT2D eigenvalue weighted by Gasteiger charge is -2.07. The molecule has 0 bridgehead atoms. The van der Waals surface area contributed by atoms with Crippen molar-refractivity contribution in [3.05, 3.63) is 16.1 Å². The Hall–Kier alpha value is -0.450. The van der Waals surface area contributed by atoms with Gasteiger partial charge in [0.2, 0.25) is 0 Å². The van der Waals surface area contributed by atoms with Gasteiger partial charge in [0.15, 0.2) is 0 Å². The van der Waals surface area contributed by atoms with Gasteiger partial charge in [0, 0.05) is 17.7 Å². The van der Waals surface area contributed by atoms with Crippen LogP contribution in [-0.4, -0.2) is 23.3 Å². The zero-order valence-corrected chi connectivity index (χ0v) is 8.80. The fourth-order valence-electron chi connectivity index (χ4n) is 0.936. The third kappa shape index (κ3) is 3.42. The summed E-state index contributed by atoms with van der Waals surface area (Å²) in [6.45, 7) is 5.00. The minimum atomic E-state index is -0.565. The molecule has 0 saturated heterocycles. The van der Waals surface area contributed by atoms with Gasteiger partial charge in [-0.2, -0.15) is 0 Å². The molecule has 0 spiro atoms. The normalized spacial score (nSPS) is 13.2. The van der Waals surface area contributed by atoms with E-state index in [9.17, 15) is 5.11 Å². The molecule has 3 nitrogen and oxygen atoms in total. The molecule has 1 aromatic heterocycles. The van der Waals surface area contributed by atoms with Crippen LogP contribution in [0.4, 0.5) is 0 Å². The van der Waals surface area contributed by atoms with Gasteiger partial charge in [-0.05, 0) is 13.3 Å². The lowest BCUT2D eigenvalue weighted by Crippen LogP contribution is -2.07. The number of rotatable bonds is 5. The molecular weight excluding hydrogens is 186 g/mol. The molecule has 0 aliphatic heterocycles. The minimum absolute atomic E-state index is 0.348. The zero-order chi connectivity index (χ0) is 9.68. The van der Waals surface area contributed by atoms with Gasteiger partial charge in [0.1, 0.15) is 11.1 Å². The number of thiazole rings is 1. The molecule has 0 radical (unpaired) electrons. The average Bonchev–Trinajstić information content (AvgIpc) is 2.52. The van der Waals surface area contributed by atoms with Crippen LogP contribution in [0.3, 0.4) is 0 Å². The van der Waals surface area contributed by atoms with E-state index in [1.165, 1.54) is 11.3 Å². The van der Waals surface area contributed by atoms with Gasteiger partial charge < -0.3 is 9.84 Å². The van der Waals surface area contributed by atoms with E-state index in [-0.39, 0.29) is 0 Å². The Kier molecular flexibility index (Phi) is 4.35. The molecule has 1 N–H and O–H groups in total. The van der Waals surface area contributed by atoms with E-state index in [4.69, 9.17) is 4.74 Å². The first kappa shape index (κ1) is 10.6. The van der Waals surface area contributed by atoms with Gasteiger partial charge in [-0.1, -0.05) is 6.92 Å². The minimum Gasteiger partial charge on any atom is -0.383 e. The fraction of sp³-hybridized carbons (Fsp3) is 0.667. The SMILES string of the molecule is CCCOCC(O)c1nc(C)cs1. The highest BCUT2D eigenvalue weighted by atomic mass is 32.1. The number of aryl methyl sites for hydroxylation is 1. The molecule has 0 amide bonds. The van der Waals surface area contributed by atoms with Crippen molar-refractivity contribution in [3.63, 3.8) is 0 Å². The molecule has 0 aliphatic carbocycles. The number of aliphatic hydroxyl groups is 1. The summed E-state index contributed by atoms with van der Waals surface area (Å²) in [6, 6.07) is 0. The van der Waals surface area contributed by atoms with Gasteiger partial charge >= 0.3 is 0 Å². The highest BCUT2D eigenvalue weighted by Gasteiger charge is 2.10. The van der Waals surface area contributed by atoms with Crippen LogP contribution < -0.4 is 0 Å². The first-order valence-corrected chi connectivity index (χ1v) is 5.29. The van der Waals surface area contributed by atoms with Gasteiger partial charge in [-0.3, -0.25) is 0 Å².